The number of ether oxygens (including phenoxy) is 1. The fourth-order valence-corrected chi connectivity index (χ4v) is 4.96. The number of hydrogen-bond acceptors (Lipinski definition) is 7. The van der Waals surface area contributed by atoms with Gasteiger partial charge in [0.2, 0.25) is 11.2 Å². The number of phenolic OH excluding ortho intramolecular Hbond substituents is 3. The van der Waals surface area contributed by atoms with Crippen LogP contribution in [0.1, 0.15) is 78.0 Å². The molecule has 0 fully saturated rings. The van der Waals surface area contributed by atoms with Crippen LogP contribution in [0.15, 0.2) is 33.0 Å². The molecule has 1 aromatic heterocycles. The molecule has 2 aromatic carbocycles. The first-order valence-corrected chi connectivity index (χ1v) is 12.6. The summed E-state index contributed by atoms with van der Waals surface area (Å²) in [6.45, 7) is 13.6. The summed E-state index contributed by atoms with van der Waals surface area (Å²) >= 11 is 0. The van der Waals surface area contributed by atoms with Gasteiger partial charge in [-0.15, -0.1) is 0 Å². The zero-order valence-electron chi connectivity index (χ0n) is 22.6. The number of benzene rings is 2. The van der Waals surface area contributed by atoms with Crippen molar-refractivity contribution in [1.29, 1.82) is 0 Å². The summed E-state index contributed by atoms with van der Waals surface area (Å²) in [7, 11) is 0. The highest BCUT2D eigenvalue weighted by atomic mass is 16.5. The second kappa shape index (κ2) is 9.05. The van der Waals surface area contributed by atoms with Crippen molar-refractivity contribution in [3.05, 3.63) is 50.7 Å². The Kier molecular flexibility index (Phi) is 6.47. The van der Waals surface area contributed by atoms with Crippen molar-refractivity contribution in [2.45, 2.75) is 85.2 Å². The van der Waals surface area contributed by atoms with E-state index in [0.717, 1.165) is 29.2 Å². The molecule has 4 N–H and O–H groups in total. The molecule has 0 saturated carbocycles. The average Bonchev–Trinajstić information content (AvgIpc) is 2.79. The van der Waals surface area contributed by atoms with Crippen LogP contribution in [-0.4, -0.2) is 26.0 Å². The van der Waals surface area contributed by atoms with Gasteiger partial charge in [0.15, 0.2) is 17.3 Å². The number of allylic oxidation sites excluding steroid dienone is 2. The molecule has 37 heavy (non-hydrogen) atoms. The number of aromatic hydroxyl groups is 4. The molecule has 0 radical (unpaired) electrons. The molecule has 0 aliphatic carbocycles. The standard InChI is InChI=1S/C30H36O7/c1-8-29(4,5)23-20(32)14-19(31)22-24(34)25(35)27(36-28(22)23)18-13-21(33)26-17(11-12-30(6,7)37-26)16(18)10-9-15(2)3/h9,13-14,31-33,35H,8,10-12H2,1-7H3. The molecule has 1 aliphatic rings. The second-order valence-electron chi connectivity index (χ2n) is 11.4. The van der Waals surface area contributed by atoms with Crippen LogP contribution in [0.5, 0.6) is 28.7 Å². The van der Waals surface area contributed by atoms with Crippen LogP contribution in [0.3, 0.4) is 0 Å². The highest BCUT2D eigenvalue weighted by molar-refractivity contribution is 5.92. The van der Waals surface area contributed by atoms with Crippen LogP contribution in [0.4, 0.5) is 0 Å². The first-order chi connectivity index (χ1) is 17.2. The molecule has 0 saturated heterocycles. The third kappa shape index (κ3) is 4.52. The van der Waals surface area contributed by atoms with Crippen molar-refractivity contribution in [1.82, 2.24) is 0 Å². The van der Waals surface area contributed by atoms with Gasteiger partial charge in [-0.3, -0.25) is 4.79 Å². The maximum atomic E-state index is 13.4. The van der Waals surface area contributed by atoms with Gasteiger partial charge in [0.25, 0.3) is 0 Å². The van der Waals surface area contributed by atoms with Gasteiger partial charge in [-0.05, 0) is 70.4 Å². The van der Waals surface area contributed by atoms with E-state index in [2.05, 4.69) is 0 Å². The van der Waals surface area contributed by atoms with E-state index in [0.29, 0.717) is 36.1 Å². The quantitative estimate of drug-likeness (QED) is 0.287. The molecule has 7 heteroatoms. The molecule has 1 aliphatic heterocycles. The summed E-state index contributed by atoms with van der Waals surface area (Å²) in [4.78, 5) is 13.4. The Balaban J connectivity index is 2.13. The zero-order chi connectivity index (χ0) is 27.4. The van der Waals surface area contributed by atoms with Gasteiger partial charge in [-0.25, -0.2) is 0 Å². The number of hydrogen-bond donors (Lipinski definition) is 4. The van der Waals surface area contributed by atoms with E-state index in [1.165, 1.54) is 6.07 Å². The maximum Gasteiger partial charge on any atom is 0.238 e. The van der Waals surface area contributed by atoms with Crippen LogP contribution in [0, 0.1) is 0 Å². The van der Waals surface area contributed by atoms with E-state index >= 15 is 0 Å². The summed E-state index contributed by atoms with van der Waals surface area (Å²) in [5, 5.41) is 43.2. The van der Waals surface area contributed by atoms with Crippen LogP contribution >= 0.6 is 0 Å². The van der Waals surface area contributed by atoms with Gasteiger partial charge in [0, 0.05) is 22.8 Å². The summed E-state index contributed by atoms with van der Waals surface area (Å²) < 4.78 is 12.4. The minimum absolute atomic E-state index is 0.00454. The molecule has 0 unspecified atom stereocenters. The van der Waals surface area contributed by atoms with Crippen LogP contribution in [0.2, 0.25) is 0 Å². The third-order valence-electron chi connectivity index (χ3n) is 7.45. The Morgan fingerprint density at radius 2 is 1.76 bits per heavy atom. The number of phenols is 3. The predicted octanol–water partition coefficient (Wildman–Crippen LogP) is 6.58. The predicted molar refractivity (Wildman–Crippen MR) is 144 cm³/mol. The van der Waals surface area contributed by atoms with Crippen molar-refractivity contribution in [3.8, 4) is 40.1 Å². The van der Waals surface area contributed by atoms with E-state index in [1.54, 1.807) is 0 Å². The highest BCUT2D eigenvalue weighted by Gasteiger charge is 2.34. The van der Waals surface area contributed by atoms with Gasteiger partial charge in [-0.2, -0.15) is 0 Å². The minimum atomic E-state index is -0.815. The first-order valence-electron chi connectivity index (χ1n) is 12.6. The topological polar surface area (TPSA) is 120 Å². The highest BCUT2D eigenvalue weighted by Crippen LogP contribution is 2.49. The SMILES string of the molecule is CCC(C)(C)c1c(O)cc(O)c2c(=O)c(O)c(-c3cc(O)c4c(c3CC=C(C)C)CCC(C)(C)O4)oc12. The van der Waals surface area contributed by atoms with Gasteiger partial charge >= 0.3 is 0 Å². The molecule has 4 rings (SSSR count). The fourth-order valence-electron chi connectivity index (χ4n) is 4.96. The normalized spacial score (nSPS) is 14.8. The molecule has 0 bridgehead atoms. The van der Waals surface area contributed by atoms with Crippen LogP contribution in [-0.2, 0) is 18.3 Å². The molecule has 3 aromatic rings. The molecular formula is C30H36O7. The zero-order valence-corrected chi connectivity index (χ0v) is 22.6. The third-order valence-corrected chi connectivity index (χ3v) is 7.45. The Hall–Kier alpha value is -3.61. The van der Waals surface area contributed by atoms with E-state index in [4.69, 9.17) is 9.15 Å². The average molecular weight is 509 g/mol. The van der Waals surface area contributed by atoms with E-state index in [1.807, 2.05) is 54.5 Å². The van der Waals surface area contributed by atoms with E-state index < -0.39 is 27.9 Å². The van der Waals surface area contributed by atoms with Crippen LogP contribution < -0.4 is 10.2 Å². The first kappa shape index (κ1) is 26.5. The molecule has 0 atom stereocenters. The van der Waals surface area contributed by atoms with Crippen molar-refractivity contribution in [3.63, 3.8) is 0 Å². The Bertz CT molecular complexity index is 1480. The Morgan fingerprint density at radius 1 is 1.08 bits per heavy atom. The Labute approximate surface area is 216 Å². The van der Waals surface area contributed by atoms with Crippen LogP contribution in [0.25, 0.3) is 22.3 Å². The number of fused-ring (bicyclic) bond motifs is 2. The van der Waals surface area contributed by atoms with Crippen molar-refractivity contribution >= 4 is 11.0 Å². The lowest BCUT2D eigenvalue weighted by Crippen LogP contribution is -2.33. The lowest BCUT2D eigenvalue weighted by atomic mass is 9.80. The maximum absolute atomic E-state index is 13.4. The summed E-state index contributed by atoms with van der Waals surface area (Å²) in [6, 6.07) is 2.56. The largest absolute Gasteiger partial charge is 0.507 e. The molecule has 2 heterocycles. The molecule has 7 nitrogen and oxygen atoms in total. The lowest BCUT2D eigenvalue weighted by molar-refractivity contribution is 0.0803. The van der Waals surface area contributed by atoms with Gasteiger partial charge in [0.05, 0.1) is 0 Å². The van der Waals surface area contributed by atoms with Gasteiger partial charge < -0.3 is 29.6 Å². The van der Waals surface area contributed by atoms with E-state index in [-0.39, 0.29) is 28.2 Å². The van der Waals surface area contributed by atoms with E-state index in [9.17, 15) is 25.2 Å². The summed E-state index contributed by atoms with van der Waals surface area (Å²) in [5.74, 6) is -1.21. The summed E-state index contributed by atoms with van der Waals surface area (Å²) in [5.41, 5.74) is 1.49. The second-order valence-corrected chi connectivity index (χ2v) is 11.4. The van der Waals surface area contributed by atoms with Gasteiger partial charge in [-0.1, -0.05) is 32.4 Å². The summed E-state index contributed by atoms with van der Waals surface area (Å²) in [6.07, 6.45) is 4.44. The number of rotatable bonds is 5. The Morgan fingerprint density at radius 3 is 2.38 bits per heavy atom. The molecular weight excluding hydrogens is 472 g/mol. The smallest absolute Gasteiger partial charge is 0.238 e. The van der Waals surface area contributed by atoms with Gasteiger partial charge in [0.1, 0.15) is 28.1 Å². The molecule has 198 valence electrons. The monoisotopic (exact) mass is 508 g/mol. The minimum Gasteiger partial charge on any atom is -0.507 e. The lowest BCUT2D eigenvalue weighted by Gasteiger charge is -2.34. The van der Waals surface area contributed by atoms with Crippen molar-refractivity contribution in [2.24, 2.45) is 0 Å². The van der Waals surface area contributed by atoms with Crippen molar-refractivity contribution < 1.29 is 29.6 Å². The van der Waals surface area contributed by atoms with Crippen molar-refractivity contribution in [2.75, 3.05) is 0 Å². The fraction of sp³-hybridized carbons (Fsp3) is 0.433. The molecule has 0 spiro atoms. The molecule has 0 amide bonds.